The van der Waals surface area contributed by atoms with Crippen LogP contribution in [0.1, 0.15) is 0 Å². The van der Waals surface area contributed by atoms with E-state index in [2.05, 4.69) is 127 Å². The fraction of sp³-hybridized carbons (Fsp3) is 0. The minimum absolute atomic E-state index is 0.0135. The summed E-state index contributed by atoms with van der Waals surface area (Å²) in [4.78, 5) is 14.1. The van der Waals surface area contributed by atoms with Gasteiger partial charge in [0.15, 0.2) is 0 Å². The molecule has 0 N–H and O–H groups in total. The molecule has 0 atom stereocenters. The maximum absolute atomic E-state index is 14.1. The van der Waals surface area contributed by atoms with E-state index in [9.17, 15) is 4.79 Å². The van der Waals surface area contributed by atoms with E-state index in [1.165, 1.54) is 49.4 Å². The van der Waals surface area contributed by atoms with E-state index in [0.29, 0.717) is 0 Å². The van der Waals surface area contributed by atoms with Gasteiger partial charge in [0.05, 0.1) is 5.52 Å². The number of fused-ring (bicyclic) bond motifs is 5. The molecular formula is C45H29NO. The molecule has 0 radical (unpaired) electrons. The zero-order chi connectivity index (χ0) is 31.3. The molecule has 9 aromatic rings. The van der Waals surface area contributed by atoms with Crippen LogP contribution in [-0.4, -0.2) is 4.57 Å². The number of para-hydroxylation sites is 1. The van der Waals surface area contributed by atoms with Crippen LogP contribution in [0.4, 0.5) is 0 Å². The molecule has 0 bridgehead atoms. The summed E-state index contributed by atoms with van der Waals surface area (Å²) in [6, 6.07) is 61.4. The van der Waals surface area contributed by atoms with Crippen molar-refractivity contribution in [2.75, 3.05) is 0 Å². The maximum atomic E-state index is 14.1. The molecule has 220 valence electrons. The van der Waals surface area contributed by atoms with E-state index in [-0.39, 0.29) is 5.56 Å². The van der Waals surface area contributed by atoms with Gasteiger partial charge in [0.2, 0.25) is 0 Å². The van der Waals surface area contributed by atoms with Crippen LogP contribution >= 0.6 is 0 Å². The van der Waals surface area contributed by atoms with Crippen molar-refractivity contribution >= 4 is 43.2 Å². The number of rotatable bonds is 4. The number of benzene rings is 8. The zero-order valence-corrected chi connectivity index (χ0v) is 25.6. The molecule has 0 saturated heterocycles. The number of hydrogen-bond acceptors (Lipinski definition) is 1. The average molecular weight is 600 g/mol. The highest BCUT2D eigenvalue weighted by atomic mass is 16.1. The molecule has 0 aliphatic carbocycles. The third kappa shape index (κ3) is 4.38. The average Bonchev–Trinajstić information content (AvgIpc) is 3.14. The molecule has 0 amide bonds. The second-order valence-electron chi connectivity index (χ2n) is 12.0. The van der Waals surface area contributed by atoms with Crippen molar-refractivity contribution < 1.29 is 0 Å². The SMILES string of the molecule is O=c1c2ccccc2c2ccccc2n1-c1cccc(-c2c3ccccc3c(-c3ccc(-c4ccccc4)cc3)c3ccccc23)c1. The topological polar surface area (TPSA) is 22.0 Å². The molecule has 1 aromatic heterocycles. The van der Waals surface area contributed by atoms with Crippen molar-refractivity contribution in [1.29, 1.82) is 0 Å². The van der Waals surface area contributed by atoms with Crippen LogP contribution in [0, 0.1) is 0 Å². The monoisotopic (exact) mass is 599 g/mol. The van der Waals surface area contributed by atoms with E-state index in [0.717, 1.165) is 32.9 Å². The fourth-order valence-electron chi connectivity index (χ4n) is 7.30. The quantitative estimate of drug-likeness (QED) is 0.146. The Bertz CT molecular complexity index is 2630. The van der Waals surface area contributed by atoms with Gasteiger partial charge in [-0.05, 0) is 84.6 Å². The third-order valence-corrected chi connectivity index (χ3v) is 9.40. The summed E-state index contributed by atoms with van der Waals surface area (Å²) in [5.41, 5.74) is 8.81. The molecular weight excluding hydrogens is 571 g/mol. The lowest BCUT2D eigenvalue weighted by Gasteiger charge is -2.19. The molecule has 47 heavy (non-hydrogen) atoms. The molecule has 0 spiro atoms. The Hall–Kier alpha value is -6.25. The maximum Gasteiger partial charge on any atom is 0.263 e. The standard InChI is InChI=1S/C45H29NO/c47-45-41-23-9-4-17-35(41)36-18-10-11-24-42(36)46(45)34-16-12-15-33(29-34)44-39-21-7-5-19-37(39)43(38-20-6-8-22-40(38)44)32-27-25-31(26-28-32)30-13-2-1-3-14-30/h1-29H. The van der Waals surface area contributed by atoms with Gasteiger partial charge < -0.3 is 0 Å². The lowest BCUT2D eigenvalue weighted by Crippen LogP contribution is -2.19. The van der Waals surface area contributed by atoms with Crippen molar-refractivity contribution in [3.05, 3.63) is 186 Å². The Balaban J connectivity index is 1.28. The van der Waals surface area contributed by atoms with Gasteiger partial charge in [0, 0.05) is 16.5 Å². The van der Waals surface area contributed by atoms with E-state index in [1.807, 2.05) is 53.1 Å². The summed E-state index contributed by atoms with van der Waals surface area (Å²) < 4.78 is 1.87. The van der Waals surface area contributed by atoms with E-state index < -0.39 is 0 Å². The van der Waals surface area contributed by atoms with Crippen LogP contribution in [-0.2, 0) is 0 Å². The summed E-state index contributed by atoms with van der Waals surface area (Å²) >= 11 is 0. The summed E-state index contributed by atoms with van der Waals surface area (Å²) in [7, 11) is 0. The van der Waals surface area contributed by atoms with Crippen LogP contribution in [0.25, 0.3) is 82.3 Å². The third-order valence-electron chi connectivity index (χ3n) is 9.40. The molecule has 0 aliphatic heterocycles. The highest BCUT2D eigenvalue weighted by molar-refractivity contribution is 6.21. The lowest BCUT2D eigenvalue weighted by atomic mass is 9.85. The zero-order valence-electron chi connectivity index (χ0n) is 25.6. The molecule has 1 heterocycles. The largest absolute Gasteiger partial charge is 0.276 e. The highest BCUT2D eigenvalue weighted by Gasteiger charge is 2.18. The number of nitrogens with zero attached hydrogens (tertiary/aromatic N) is 1. The van der Waals surface area contributed by atoms with Crippen molar-refractivity contribution in [3.63, 3.8) is 0 Å². The van der Waals surface area contributed by atoms with Gasteiger partial charge in [-0.1, -0.05) is 152 Å². The van der Waals surface area contributed by atoms with Crippen molar-refractivity contribution in [3.8, 4) is 39.1 Å². The Morgan fingerprint density at radius 3 is 1.40 bits per heavy atom. The second-order valence-corrected chi connectivity index (χ2v) is 12.0. The van der Waals surface area contributed by atoms with Gasteiger partial charge in [0.1, 0.15) is 0 Å². The molecule has 0 fully saturated rings. The van der Waals surface area contributed by atoms with Crippen LogP contribution in [0.3, 0.4) is 0 Å². The first-order chi connectivity index (χ1) is 23.3. The Labute approximate surface area is 272 Å². The summed E-state index contributed by atoms with van der Waals surface area (Å²) in [6.45, 7) is 0. The van der Waals surface area contributed by atoms with Crippen LogP contribution in [0.15, 0.2) is 181 Å². The second kappa shape index (κ2) is 11.0. The minimum Gasteiger partial charge on any atom is -0.276 e. The van der Waals surface area contributed by atoms with Gasteiger partial charge in [-0.25, -0.2) is 0 Å². The minimum atomic E-state index is -0.0135. The molecule has 0 aliphatic rings. The molecule has 8 aromatic carbocycles. The molecule has 2 heteroatoms. The number of pyridine rings is 1. The lowest BCUT2D eigenvalue weighted by molar-refractivity contribution is 1.06. The summed E-state index contributed by atoms with van der Waals surface area (Å²) in [6.07, 6.45) is 0. The first-order valence-electron chi connectivity index (χ1n) is 16.0. The Morgan fingerprint density at radius 1 is 0.319 bits per heavy atom. The van der Waals surface area contributed by atoms with E-state index in [4.69, 9.17) is 0 Å². The first-order valence-corrected chi connectivity index (χ1v) is 16.0. The number of aromatic nitrogens is 1. The van der Waals surface area contributed by atoms with Gasteiger partial charge in [0.25, 0.3) is 5.56 Å². The van der Waals surface area contributed by atoms with Crippen LogP contribution in [0.5, 0.6) is 0 Å². The highest BCUT2D eigenvalue weighted by Crippen LogP contribution is 2.44. The molecule has 0 saturated carbocycles. The van der Waals surface area contributed by atoms with E-state index in [1.54, 1.807) is 0 Å². The Kier molecular flexibility index (Phi) is 6.33. The predicted molar refractivity (Wildman–Crippen MR) is 198 cm³/mol. The summed E-state index contributed by atoms with van der Waals surface area (Å²) in [5.74, 6) is 0. The summed E-state index contributed by atoms with van der Waals surface area (Å²) in [5, 5.41) is 7.52. The normalized spacial score (nSPS) is 11.5. The fourth-order valence-corrected chi connectivity index (χ4v) is 7.30. The molecule has 0 unspecified atom stereocenters. The Morgan fingerprint density at radius 2 is 0.766 bits per heavy atom. The molecule has 9 rings (SSSR count). The first kappa shape index (κ1) is 27.1. The van der Waals surface area contributed by atoms with Crippen LogP contribution in [0.2, 0.25) is 0 Å². The van der Waals surface area contributed by atoms with Gasteiger partial charge in [-0.2, -0.15) is 0 Å². The van der Waals surface area contributed by atoms with Crippen LogP contribution < -0.4 is 5.56 Å². The smallest absolute Gasteiger partial charge is 0.263 e. The molecule has 2 nitrogen and oxygen atoms in total. The van der Waals surface area contributed by atoms with Gasteiger partial charge in [-0.3, -0.25) is 9.36 Å². The number of hydrogen-bond donors (Lipinski definition) is 0. The van der Waals surface area contributed by atoms with Crippen molar-refractivity contribution in [1.82, 2.24) is 4.57 Å². The van der Waals surface area contributed by atoms with E-state index >= 15 is 0 Å². The van der Waals surface area contributed by atoms with Gasteiger partial charge >= 0.3 is 0 Å². The van der Waals surface area contributed by atoms with Crippen molar-refractivity contribution in [2.45, 2.75) is 0 Å². The van der Waals surface area contributed by atoms with Crippen molar-refractivity contribution in [2.24, 2.45) is 0 Å². The predicted octanol–water partition coefficient (Wildman–Crippen LogP) is 11.5. The van der Waals surface area contributed by atoms with Gasteiger partial charge in [-0.15, -0.1) is 0 Å².